The van der Waals surface area contributed by atoms with Gasteiger partial charge in [-0.3, -0.25) is 4.79 Å². The van der Waals surface area contributed by atoms with Crippen molar-refractivity contribution >= 4 is 17.2 Å². The molecule has 7 heteroatoms. The van der Waals surface area contributed by atoms with Crippen LogP contribution < -0.4 is 4.90 Å². The van der Waals surface area contributed by atoms with Crippen molar-refractivity contribution < 1.29 is 9.18 Å². The summed E-state index contributed by atoms with van der Waals surface area (Å²) in [5.41, 5.74) is 5.79. The van der Waals surface area contributed by atoms with Gasteiger partial charge in [-0.05, 0) is 31.0 Å². The molecule has 0 spiro atoms. The third kappa shape index (κ3) is 3.91. The van der Waals surface area contributed by atoms with Crippen LogP contribution in [0, 0.1) is 12.7 Å². The molecular formula is C27H28FN5O. The number of piperazine rings is 1. The van der Waals surface area contributed by atoms with E-state index in [9.17, 15) is 9.18 Å². The van der Waals surface area contributed by atoms with Crippen molar-refractivity contribution in [1.29, 1.82) is 0 Å². The number of para-hydroxylation sites is 1. The Labute approximate surface area is 198 Å². The molecule has 4 aromatic rings. The molecule has 6 nitrogen and oxygen atoms in total. The second kappa shape index (κ2) is 9.25. The van der Waals surface area contributed by atoms with Gasteiger partial charge < -0.3 is 9.80 Å². The number of rotatable bonds is 5. The first-order chi connectivity index (χ1) is 16.6. The number of amides is 1. The summed E-state index contributed by atoms with van der Waals surface area (Å²) in [5, 5.41) is 4.79. The molecule has 0 saturated carbocycles. The molecule has 0 bridgehead atoms. The van der Waals surface area contributed by atoms with Gasteiger partial charge in [-0.2, -0.15) is 5.10 Å². The average Bonchev–Trinajstić information content (AvgIpc) is 3.21. The lowest BCUT2D eigenvalue weighted by atomic mass is 10.1. The molecule has 0 aliphatic carbocycles. The first-order valence-corrected chi connectivity index (χ1v) is 11.8. The first kappa shape index (κ1) is 22.1. The molecule has 2 aromatic heterocycles. The number of aromatic nitrogens is 3. The van der Waals surface area contributed by atoms with Crippen molar-refractivity contribution in [2.45, 2.75) is 26.7 Å². The Kier molecular flexibility index (Phi) is 6.01. The lowest BCUT2D eigenvalue weighted by Gasteiger charge is -2.36. The minimum Gasteiger partial charge on any atom is -0.366 e. The standard InChI is InChI=1S/C27H28FN5O/c1-3-9-23-21(18-29-26-25(19(2)30-33(23)26)20-10-5-4-6-11-20)27(34)32-16-14-31(15-17-32)24-13-8-7-12-22(24)28/h4-8,10-13,18H,3,9,14-17H2,1-2H3. The van der Waals surface area contributed by atoms with Gasteiger partial charge in [0, 0.05) is 37.9 Å². The molecule has 3 heterocycles. The zero-order valence-electron chi connectivity index (χ0n) is 19.5. The summed E-state index contributed by atoms with van der Waals surface area (Å²) >= 11 is 0. The van der Waals surface area contributed by atoms with Gasteiger partial charge in [0.2, 0.25) is 0 Å². The van der Waals surface area contributed by atoms with Gasteiger partial charge in [-0.1, -0.05) is 55.8 Å². The molecule has 1 fully saturated rings. The maximum Gasteiger partial charge on any atom is 0.257 e. The monoisotopic (exact) mass is 457 g/mol. The second-order valence-corrected chi connectivity index (χ2v) is 8.66. The molecule has 0 unspecified atom stereocenters. The zero-order chi connectivity index (χ0) is 23.7. The molecule has 5 rings (SSSR count). The maximum absolute atomic E-state index is 14.2. The number of carbonyl (C=O) groups excluding carboxylic acids is 1. The molecule has 1 aliphatic rings. The van der Waals surface area contributed by atoms with E-state index in [-0.39, 0.29) is 11.7 Å². The number of anilines is 1. The molecule has 2 aromatic carbocycles. The minimum atomic E-state index is -0.231. The highest BCUT2D eigenvalue weighted by molar-refractivity contribution is 5.96. The van der Waals surface area contributed by atoms with Crippen molar-refractivity contribution in [2.24, 2.45) is 0 Å². The number of carbonyl (C=O) groups is 1. The van der Waals surface area contributed by atoms with Crippen LogP contribution in [0.2, 0.25) is 0 Å². The summed E-state index contributed by atoms with van der Waals surface area (Å²) in [5.74, 6) is -0.272. The lowest BCUT2D eigenvalue weighted by molar-refractivity contribution is 0.0744. The highest BCUT2D eigenvalue weighted by Gasteiger charge is 2.27. The summed E-state index contributed by atoms with van der Waals surface area (Å²) in [6.45, 7) is 6.32. The Hall–Kier alpha value is -3.74. The quantitative estimate of drug-likeness (QED) is 0.434. The first-order valence-electron chi connectivity index (χ1n) is 11.8. The van der Waals surface area contributed by atoms with E-state index in [0.29, 0.717) is 37.4 Å². The van der Waals surface area contributed by atoms with Crippen molar-refractivity contribution in [1.82, 2.24) is 19.5 Å². The Bertz CT molecular complexity index is 1330. The largest absolute Gasteiger partial charge is 0.366 e. The van der Waals surface area contributed by atoms with Crippen LogP contribution >= 0.6 is 0 Å². The van der Waals surface area contributed by atoms with Gasteiger partial charge >= 0.3 is 0 Å². The minimum absolute atomic E-state index is 0.0413. The van der Waals surface area contributed by atoms with Crippen molar-refractivity contribution in [3.63, 3.8) is 0 Å². The fraction of sp³-hybridized carbons (Fsp3) is 0.296. The normalized spacial score (nSPS) is 14.1. The number of fused-ring (bicyclic) bond motifs is 1. The van der Waals surface area contributed by atoms with Crippen LogP contribution in [0.1, 0.15) is 35.1 Å². The Morgan fingerprint density at radius 2 is 1.71 bits per heavy atom. The fourth-order valence-electron chi connectivity index (χ4n) is 4.76. The summed E-state index contributed by atoms with van der Waals surface area (Å²) in [4.78, 5) is 22.1. The van der Waals surface area contributed by atoms with Crippen LogP contribution in [0.3, 0.4) is 0 Å². The predicted octanol–water partition coefficient (Wildman–Crippen LogP) is 4.76. The third-order valence-corrected chi connectivity index (χ3v) is 6.46. The van der Waals surface area contributed by atoms with Crippen molar-refractivity contribution in [3.8, 4) is 11.1 Å². The van der Waals surface area contributed by atoms with Crippen LogP contribution in [-0.4, -0.2) is 51.6 Å². The molecular weight excluding hydrogens is 429 g/mol. The van der Waals surface area contributed by atoms with E-state index in [1.54, 1.807) is 18.3 Å². The van der Waals surface area contributed by atoms with Crippen molar-refractivity contribution in [2.75, 3.05) is 31.1 Å². The summed E-state index contributed by atoms with van der Waals surface area (Å²) in [6, 6.07) is 16.9. The fourth-order valence-corrected chi connectivity index (χ4v) is 4.76. The molecule has 1 saturated heterocycles. The van der Waals surface area contributed by atoms with Gasteiger partial charge in [0.15, 0.2) is 5.65 Å². The van der Waals surface area contributed by atoms with E-state index in [0.717, 1.165) is 41.0 Å². The molecule has 0 atom stereocenters. The van der Waals surface area contributed by atoms with Gasteiger partial charge in [0.05, 0.1) is 22.6 Å². The number of hydrogen-bond acceptors (Lipinski definition) is 4. The van der Waals surface area contributed by atoms with Gasteiger partial charge in [-0.25, -0.2) is 13.9 Å². The lowest BCUT2D eigenvalue weighted by Crippen LogP contribution is -2.49. The molecule has 34 heavy (non-hydrogen) atoms. The number of benzene rings is 2. The molecule has 174 valence electrons. The van der Waals surface area contributed by atoms with Gasteiger partial charge in [-0.15, -0.1) is 0 Å². The van der Waals surface area contributed by atoms with Gasteiger partial charge in [0.1, 0.15) is 5.82 Å². The Morgan fingerprint density at radius 3 is 2.41 bits per heavy atom. The van der Waals surface area contributed by atoms with E-state index in [2.05, 4.69) is 19.1 Å². The smallest absolute Gasteiger partial charge is 0.257 e. The zero-order valence-corrected chi connectivity index (χ0v) is 19.5. The van der Waals surface area contributed by atoms with E-state index in [1.807, 2.05) is 45.5 Å². The Balaban J connectivity index is 1.45. The van der Waals surface area contributed by atoms with Crippen LogP contribution in [0.4, 0.5) is 10.1 Å². The highest BCUT2D eigenvalue weighted by Crippen LogP contribution is 2.29. The Morgan fingerprint density at radius 1 is 1.00 bits per heavy atom. The van der Waals surface area contributed by atoms with Crippen LogP contribution in [0.25, 0.3) is 16.8 Å². The maximum atomic E-state index is 14.2. The van der Waals surface area contributed by atoms with E-state index in [4.69, 9.17) is 10.1 Å². The average molecular weight is 458 g/mol. The third-order valence-electron chi connectivity index (χ3n) is 6.46. The SMILES string of the molecule is CCCc1c(C(=O)N2CCN(c3ccccc3F)CC2)cnc2c(-c3ccccc3)c(C)nn12. The molecule has 0 N–H and O–H groups in total. The van der Waals surface area contributed by atoms with Crippen LogP contribution in [0.5, 0.6) is 0 Å². The van der Waals surface area contributed by atoms with Crippen LogP contribution in [-0.2, 0) is 6.42 Å². The number of aryl methyl sites for hydroxylation is 2. The number of nitrogens with zero attached hydrogens (tertiary/aromatic N) is 5. The number of hydrogen-bond donors (Lipinski definition) is 0. The highest BCUT2D eigenvalue weighted by atomic mass is 19.1. The summed E-state index contributed by atoms with van der Waals surface area (Å²) in [7, 11) is 0. The second-order valence-electron chi connectivity index (χ2n) is 8.66. The van der Waals surface area contributed by atoms with E-state index in [1.165, 1.54) is 6.07 Å². The number of halogens is 1. The predicted molar refractivity (Wildman–Crippen MR) is 132 cm³/mol. The van der Waals surface area contributed by atoms with Crippen molar-refractivity contribution in [3.05, 3.63) is 83.6 Å². The van der Waals surface area contributed by atoms with E-state index < -0.39 is 0 Å². The van der Waals surface area contributed by atoms with E-state index >= 15 is 0 Å². The topological polar surface area (TPSA) is 53.7 Å². The van der Waals surface area contributed by atoms with Crippen LogP contribution in [0.15, 0.2) is 60.8 Å². The summed E-state index contributed by atoms with van der Waals surface area (Å²) < 4.78 is 16.0. The summed E-state index contributed by atoms with van der Waals surface area (Å²) in [6.07, 6.45) is 3.32. The van der Waals surface area contributed by atoms with Gasteiger partial charge in [0.25, 0.3) is 5.91 Å². The molecule has 0 radical (unpaired) electrons. The molecule has 1 amide bonds. The molecule has 1 aliphatic heterocycles.